The van der Waals surface area contributed by atoms with Crippen LogP contribution in [0.3, 0.4) is 0 Å². The summed E-state index contributed by atoms with van der Waals surface area (Å²) in [5.41, 5.74) is 4.71. The fourth-order valence-corrected chi connectivity index (χ4v) is 5.11. The minimum Gasteiger partial charge on any atom is -0.352 e. The molecule has 2 aromatic carbocycles. The lowest BCUT2D eigenvalue weighted by Crippen LogP contribution is -2.50. The van der Waals surface area contributed by atoms with Gasteiger partial charge in [-0.2, -0.15) is 0 Å². The first-order valence-corrected chi connectivity index (χ1v) is 14.4. The Balaban J connectivity index is 2.24. The molecule has 0 saturated heterocycles. The van der Waals surface area contributed by atoms with Crippen molar-refractivity contribution < 1.29 is 18.0 Å². The van der Waals surface area contributed by atoms with Crippen LogP contribution in [0.5, 0.6) is 0 Å². The number of amides is 2. The zero-order chi connectivity index (χ0) is 27.0. The monoisotopic (exact) mass is 515 g/mol. The second-order valence-corrected chi connectivity index (χ2v) is 11.6. The molecule has 0 radical (unpaired) electrons. The summed E-state index contributed by atoms with van der Waals surface area (Å²) in [6.07, 6.45) is 2.13. The van der Waals surface area contributed by atoms with Crippen molar-refractivity contribution in [2.24, 2.45) is 0 Å². The first-order valence-electron chi connectivity index (χ1n) is 12.5. The van der Waals surface area contributed by atoms with Gasteiger partial charge >= 0.3 is 0 Å². The summed E-state index contributed by atoms with van der Waals surface area (Å²) in [7, 11) is -3.52. The molecule has 0 spiro atoms. The van der Waals surface area contributed by atoms with E-state index in [1.807, 2.05) is 77.9 Å². The second-order valence-electron chi connectivity index (χ2n) is 9.74. The number of benzene rings is 2. The minimum atomic E-state index is -3.52. The fourth-order valence-electron chi connectivity index (χ4n) is 4.16. The standard InChI is InChI=1S/C28H41N3O4S/c1-8-26(28(33)29-20(2)3)30(19-24-13-10-9-12-22(24)5)27(32)14-11-17-31(36(7,34)35)25-16-15-21(4)23(6)18-25/h9-10,12-13,15-16,18,20,26H,8,11,14,17,19H2,1-7H3,(H,29,33). The molecule has 0 heterocycles. The summed E-state index contributed by atoms with van der Waals surface area (Å²) < 4.78 is 26.4. The Kier molecular flexibility index (Phi) is 10.5. The molecule has 2 amide bonds. The van der Waals surface area contributed by atoms with Gasteiger partial charge in [-0.1, -0.05) is 37.3 Å². The normalized spacial score (nSPS) is 12.3. The van der Waals surface area contributed by atoms with Crippen LogP contribution in [0.1, 0.15) is 62.3 Å². The number of nitrogens with zero attached hydrogens (tertiary/aromatic N) is 2. The summed E-state index contributed by atoms with van der Waals surface area (Å²) in [5.74, 6) is -0.347. The lowest BCUT2D eigenvalue weighted by atomic mass is 10.0. The number of aryl methyl sites for hydroxylation is 3. The van der Waals surface area contributed by atoms with Crippen molar-refractivity contribution in [1.29, 1.82) is 0 Å². The molecular formula is C28H41N3O4S. The van der Waals surface area contributed by atoms with E-state index >= 15 is 0 Å². The van der Waals surface area contributed by atoms with Crippen LogP contribution in [0.25, 0.3) is 0 Å². The van der Waals surface area contributed by atoms with Gasteiger partial charge in [0, 0.05) is 25.6 Å². The van der Waals surface area contributed by atoms with E-state index in [0.29, 0.717) is 25.1 Å². The smallest absolute Gasteiger partial charge is 0.243 e. The third kappa shape index (κ3) is 8.08. The van der Waals surface area contributed by atoms with Crippen LogP contribution >= 0.6 is 0 Å². The molecule has 0 bridgehead atoms. The van der Waals surface area contributed by atoms with Crippen LogP contribution in [-0.2, 0) is 26.2 Å². The van der Waals surface area contributed by atoms with Crippen molar-refractivity contribution in [3.05, 3.63) is 64.7 Å². The molecule has 8 heteroatoms. The first-order chi connectivity index (χ1) is 16.8. The Labute approximate surface area is 216 Å². The number of carbonyl (C=O) groups is 2. The predicted octanol–water partition coefficient (Wildman–Crippen LogP) is 4.49. The quantitative estimate of drug-likeness (QED) is 0.451. The van der Waals surface area contributed by atoms with Crippen molar-refractivity contribution in [1.82, 2.24) is 10.2 Å². The van der Waals surface area contributed by atoms with Crippen molar-refractivity contribution in [3.8, 4) is 0 Å². The van der Waals surface area contributed by atoms with E-state index in [9.17, 15) is 18.0 Å². The molecule has 7 nitrogen and oxygen atoms in total. The number of sulfonamides is 1. The summed E-state index contributed by atoms with van der Waals surface area (Å²) in [4.78, 5) is 28.1. The third-order valence-electron chi connectivity index (χ3n) is 6.35. The minimum absolute atomic E-state index is 0.0387. The van der Waals surface area contributed by atoms with Crippen molar-refractivity contribution in [2.75, 3.05) is 17.1 Å². The Bertz CT molecular complexity index is 1160. The van der Waals surface area contributed by atoms with E-state index in [4.69, 9.17) is 0 Å². The van der Waals surface area contributed by atoms with E-state index < -0.39 is 16.1 Å². The van der Waals surface area contributed by atoms with E-state index in [-0.39, 0.29) is 30.8 Å². The highest BCUT2D eigenvalue weighted by molar-refractivity contribution is 7.92. The average Bonchev–Trinajstić information content (AvgIpc) is 2.78. The highest BCUT2D eigenvalue weighted by Gasteiger charge is 2.29. The van der Waals surface area contributed by atoms with Crippen LogP contribution in [0.2, 0.25) is 0 Å². The van der Waals surface area contributed by atoms with Gasteiger partial charge in [-0.3, -0.25) is 13.9 Å². The Morgan fingerprint density at radius 2 is 1.64 bits per heavy atom. The van der Waals surface area contributed by atoms with Gasteiger partial charge in [0.05, 0.1) is 11.9 Å². The van der Waals surface area contributed by atoms with Gasteiger partial charge in [-0.15, -0.1) is 0 Å². The largest absolute Gasteiger partial charge is 0.352 e. The molecule has 1 atom stereocenters. The molecule has 0 saturated carbocycles. The molecule has 0 fully saturated rings. The second kappa shape index (κ2) is 12.9. The Morgan fingerprint density at radius 1 is 0.972 bits per heavy atom. The third-order valence-corrected chi connectivity index (χ3v) is 7.54. The van der Waals surface area contributed by atoms with Gasteiger partial charge in [-0.05, 0) is 81.8 Å². The van der Waals surface area contributed by atoms with Gasteiger partial charge in [0.1, 0.15) is 6.04 Å². The summed E-state index contributed by atoms with van der Waals surface area (Å²) in [5, 5.41) is 2.93. The fraction of sp³-hybridized carbons (Fsp3) is 0.500. The molecule has 0 aromatic heterocycles. The lowest BCUT2D eigenvalue weighted by Gasteiger charge is -2.32. The SMILES string of the molecule is CCC(C(=O)NC(C)C)N(Cc1ccccc1C)C(=O)CCCN(c1ccc(C)c(C)c1)S(C)(=O)=O. The molecule has 1 unspecified atom stereocenters. The van der Waals surface area contributed by atoms with E-state index in [1.165, 1.54) is 10.6 Å². The van der Waals surface area contributed by atoms with Crippen LogP contribution in [-0.4, -0.2) is 50.0 Å². The van der Waals surface area contributed by atoms with E-state index in [1.54, 1.807) is 11.0 Å². The Morgan fingerprint density at radius 3 is 2.19 bits per heavy atom. The molecular weight excluding hydrogens is 474 g/mol. The van der Waals surface area contributed by atoms with Gasteiger partial charge in [0.15, 0.2) is 0 Å². The maximum Gasteiger partial charge on any atom is 0.243 e. The molecule has 36 heavy (non-hydrogen) atoms. The predicted molar refractivity (Wildman–Crippen MR) is 146 cm³/mol. The van der Waals surface area contributed by atoms with E-state index in [0.717, 1.165) is 22.3 Å². The zero-order valence-electron chi connectivity index (χ0n) is 22.7. The maximum absolute atomic E-state index is 13.5. The highest BCUT2D eigenvalue weighted by atomic mass is 32.2. The lowest BCUT2D eigenvalue weighted by molar-refractivity contribution is -0.141. The van der Waals surface area contributed by atoms with Gasteiger partial charge < -0.3 is 10.2 Å². The maximum atomic E-state index is 13.5. The number of nitrogens with one attached hydrogen (secondary N) is 1. The van der Waals surface area contributed by atoms with Crippen LogP contribution in [0.15, 0.2) is 42.5 Å². The molecule has 0 aliphatic rings. The molecule has 1 N–H and O–H groups in total. The zero-order valence-corrected chi connectivity index (χ0v) is 23.5. The average molecular weight is 516 g/mol. The Hall–Kier alpha value is -2.87. The van der Waals surface area contributed by atoms with Crippen LogP contribution in [0.4, 0.5) is 5.69 Å². The van der Waals surface area contributed by atoms with Gasteiger partial charge in [0.2, 0.25) is 21.8 Å². The number of hydrogen-bond donors (Lipinski definition) is 1. The molecule has 0 aliphatic carbocycles. The number of hydrogen-bond acceptors (Lipinski definition) is 4. The number of carbonyl (C=O) groups excluding carboxylic acids is 2. The highest BCUT2D eigenvalue weighted by Crippen LogP contribution is 2.23. The molecule has 0 aliphatic heterocycles. The van der Waals surface area contributed by atoms with Crippen molar-refractivity contribution >= 4 is 27.5 Å². The number of rotatable bonds is 12. The molecule has 2 aromatic rings. The molecule has 2 rings (SSSR count). The summed E-state index contributed by atoms with van der Waals surface area (Å²) >= 11 is 0. The van der Waals surface area contributed by atoms with Gasteiger partial charge in [-0.25, -0.2) is 8.42 Å². The van der Waals surface area contributed by atoms with Crippen molar-refractivity contribution in [2.45, 2.75) is 79.4 Å². The topological polar surface area (TPSA) is 86.8 Å². The first kappa shape index (κ1) is 29.4. The van der Waals surface area contributed by atoms with E-state index in [2.05, 4.69) is 5.32 Å². The van der Waals surface area contributed by atoms with Crippen LogP contribution < -0.4 is 9.62 Å². The summed E-state index contributed by atoms with van der Waals surface area (Å²) in [6.45, 7) is 12.1. The van der Waals surface area contributed by atoms with Crippen LogP contribution in [0, 0.1) is 20.8 Å². The summed E-state index contributed by atoms with van der Waals surface area (Å²) in [6, 6.07) is 12.7. The number of anilines is 1. The van der Waals surface area contributed by atoms with Crippen molar-refractivity contribution in [3.63, 3.8) is 0 Å². The van der Waals surface area contributed by atoms with Gasteiger partial charge in [0.25, 0.3) is 0 Å². The molecule has 198 valence electrons.